The normalized spacial score (nSPS) is 28.4. The van der Waals surface area contributed by atoms with Crippen molar-refractivity contribution in [2.45, 2.75) is 97.8 Å². The smallest absolute Gasteiger partial charge is 0.244 e. The second kappa shape index (κ2) is 7.44. The van der Waals surface area contributed by atoms with E-state index in [9.17, 15) is 4.79 Å². The molecule has 1 fully saturated rings. The minimum Gasteiger partial charge on any atom is -0.322 e. The number of nitrogens with zero attached hydrogens (tertiary/aromatic N) is 1. The molecule has 1 rings (SSSR count). The Morgan fingerprint density at radius 3 is 2.30 bits per heavy atom. The quantitative estimate of drug-likeness (QED) is 0.731. The highest BCUT2D eigenvalue weighted by Crippen LogP contribution is 2.31. The highest BCUT2D eigenvalue weighted by atomic mass is 16.2. The molecule has 3 heteroatoms. The highest BCUT2D eigenvalue weighted by molar-refractivity contribution is 5.88. The summed E-state index contributed by atoms with van der Waals surface area (Å²) in [5.74, 6) is 0.765. The van der Waals surface area contributed by atoms with Crippen LogP contribution in [0.3, 0.4) is 0 Å². The molecule has 0 aromatic heterocycles. The lowest BCUT2D eigenvalue weighted by Gasteiger charge is -2.35. The molecule has 1 amide bonds. The number of carbonyl (C=O) groups is 1. The Labute approximate surface area is 125 Å². The second-order valence-electron chi connectivity index (χ2n) is 6.82. The molecule has 3 atom stereocenters. The van der Waals surface area contributed by atoms with E-state index in [1.54, 1.807) is 0 Å². The lowest BCUT2D eigenvalue weighted by atomic mass is 9.97. The van der Waals surface area contributed by atoms with Crippen LogP contribution in [0.5, 0.6) is 0 Å². The van der Waals surface area contributed by atoms with Crippen molar-refractivity contribution in [1.82, 2.24) is 10.2 Å². The van der Waals surface area contributed by atoms with Gasteiger partial charge in [0, 0.05) is 6.04 Å². The first-order chi connectivity index (χ1) is 9.41. The van der Waals surface area contributed by atoms with Crippen LogP contribution < -0.4 is 5.32 Å². The molecule has 1 heterocycles. The maximum absolute atomic E-state index is 12.9. The number of carbonyl (C=O) groups excluding carboxylic acids is 1. The Kier molecular flexibility index (Phi) is 6.50. The molecule has 118 valence electrons. The van der Waals surface area contributed by atoms with Crippen molar-refractivity contribution >= 4 is 5.91 Å². The van der Waals surface area contributed by atoms with Crippen LogP contribution in [0.4, 0.5) is 0 Å². The fourth-order valence-corrected chi connectivity index (χ4v) is 3.20. The monoisotopic (exact) mass is 282 g/mol. The van der Waals surface area contributed by atoms with Gasteiger partial charge in [-0.1, -0.05) is 53.9 Å². The van der Waals surface area contributed by atoms with Gasteiger partial charge in [-0.2, -0.15) is 0 Å². The average molecular weight is 282 g/mol. The average Bonchev–Trinajstić information content (AvgIpc) is 2.69. The van der Waals surface area contributed by atoms with Gasteiger partial charge < -0.3 is 4.90 Å². The molecular formula is C17H34N2O. The molecule has 0 saturated carbocycles. The van der Waals surface area contributed by atoms with E-state index < -0.39 is 0 Å². The van der Waals surface area contributed by atoms with Gasteiger partial charge in [0.15, 0.2) is 0 Å². The Bertz CT molecular complexity index is 316. The first kappa shape index (κ1) is 17.5. The van der Waals surface area contributed by atoms with E-state index in [-0.39, 0.29) is 11.7 Å². The summed E-state index contributed by atoms with van der Waals surface area (Å²) in [4.78, 5) is 15.1. The van der Waals surface area contributed by atoms with Gasteiger partial charge in [0.05, 0.1) is 11.7 Å². The molecule has 0 radical (unpaired) electrons. The van der Waals surface area contributed by atoms with Gasteiger partial charge in [-0.3, -0.25) is 10.1 Å². The zero-order chi connectivity index (χ0) is 15.3. The van der Waals surface area contributed by atoms with Crippen LogP contribution in [0.25, 0.3) is 0 Å². The molecular weight excluding hydrogens is 248 g/mol. The van der Waals surface area contributed by atoms with Crippen LogP contribution in [0.15, 0.2) is 0 Å². The molecule has 1 aliphatic rings. The minimum atomic E-state index is -0.368. The van der Waals surface area contributed by atoms with Gasteiger partial charge >= 0.3 is 0 Å². The van der Waals surface area contributed by atoms with Gasteiger partial charge in [0.1, 0.15) is 0 Å². The zero-order valence-electron chi connectivity index (χ0n) is 14.3. The molecule has 0 aromatic rings. The van der Waals surface area contributed by atoms with Crippen LogP contribution in [0.2, 0.25) is 0 Å². The fraction of sp³-hybridized carbons (Fsp3) is 0.941. The molecule has 0 aromatic carbocycles. The van der Waals surface area contributed by atoms with Crippen molar-refractivity contribution in [1.29, 1.82) is 0 Å². The predicted molar refractivity (Wildman–Crippen MR) is 85.5 cm³/mol. The summed E-state index contributed by atoms with van der Waals surface area (Å²) in [5.41, 5.74) is -0.368. The van der Waals surface area contributed by atoms with Crippen molar-refractivity contribution in [3.63, 3.8) is 0 Å². The third kappa shape index (κ3) is 3.55. The van der Waals surface area contributed by atoms with Gasteiger partial charge in [0.25, 0.3) is 0 Å². The maximum atomic E-state index is 12.9. The summed E-state index contributed by atoms with van der Waals surface area (Å²) in [6.45, 7) is 13.0. The Morgan fingerprint density at radius 2 is 1.85 bits per heavy atom. The lowest BCUT2D eigenvalue weighted by Crippen LogP contribution is -2.47. The van der Waals surface area contributed by atoms with E-state index in [0.29, 0.717) is 17.9 Å². The lowest BCUT2D eigenvalue weighted by molar-refractivity contribution is -0.136. The van der Waals surface area contributed by atoms with Gasteiger partial charge in [-0.15, -0.1) is 0 Å². The summed E-state index contributed by atoms with van der Waals surface area (Å²) >= 11 is 0. The number of hydrogen-bond donors (Lipinski definition) is 1. The number of rotatable bonds is 8. The minimum absolute atomic E-state index is 0.195. The summed E-state index contributed by atoms with van der Waals surface area (Å²) in [5, 5.41) is 3.61. The van der Waals surface area contributed by atoms with Crippen molar-refractivity contribution < 1.29 is 4.79 Å². The molecule has 0 spiro atoms. The molecule has 3 unspecified atom stereocenters. The fourth-order valence-electron chi connectivity index (χ4n) is 3.20. The molecule has 1 N–H and O–H groups in total. The van der Waals surface area contributed by atoms with E-state index >= 15 is 0 Å². The zero-order valence-corrected chi connectivity index (χ0v) is 14.3. The van der Waals surface area contributed by atoms with Crippen molar-refractivity contribution in [3.8, 4) is 0 Å². The summed E-state index contributed by atoms with van der Waals surface area (Å²) in [6.07, 6.45) is 6.87. The van der Waals surface area contributed by atoms with E-state index in [1.807, 2.05) is 0 Å². The van der Waals surface area contributed by atoms with E-state index in [2.05, 4.69) is 51.8 Å². The van der Waals surface area contributed by atoms with Gasteiger partial charge in [-0.05, 0) is 32.1 Å². The first-order valence-electron chi connectivity index (χ1n) is 8.51. The Morgan fingerprint density at radius 1 is 1.20 bits per heavy atom. The Balaban J connectivity index is 2.98. The topological polar surface area (TPSA) is 32.3 Å². The third-order valence-electron chi connectivity index (χ3n) is 4.72. The number of hydrogen-bond acceptors (Lipinski definition) is 2. The third-order valence-corrected chi connectivity index (χ3v) is 4.72. The summed E-state index contributed by atoms with van der Waals surface area (Å²) < 4.78 is 0. The molecule has 0 bridgehead atoms. The van der Waals surface area contributed by atoms with Crippen LogP contribution in [-0.4, -0.2) is 28.6 Å². The van der Waals surface area contributed by atoms with Gasteiger partial charge in [-0.25, -0.2) is 0 Å². The SMILES string of the molecule is CCCCC(CCC)N1C(=O)C(C)(CC)NC1C(C)C. The van der Waals surface area contributed by atoms with E-state index in [1.165, 1.54) is 12.8 Å². The number of unbranched alkanes of at least 4 members (excludes halogenated alkanes) is 1. The standard InChI is InChI=1S/C17H34N2O/c1-7-10-12-14(11-8-2)19-15(13(4)5)18-17(6,9-3)16(19)20/h13-15,18H,7-12H2,1-6H3. The Hall–Kier alpha value is -0.570. The van der Waals surface area contributed by atoms with E-state index in [0.717, 1.165) is 25.7 Å². The van der Waals surface area contributed by atoms with Crippen LogP contribution in [0.1, 0.15) is 80.1 Å². The van der Waals surface area contributed by atoms with Crippen LogP contribution >= 0.6 is 0 Å². The molecule has 1 saturated heterocycles. The van der Waals surface area contributed by atoms with Crippen molar-refractivity contribution in [2.75, 3.05) is 0 Å². The largest absolute Gasteiger partial charge is 0.322 e. The maximum Gasteiger partial charge on any atom is 0.244 e. The highest BCUT2D eigenvalue weighted by Gasteiger charge is 2.49. The molecule has 3 nitrogen and oxygen atoms in total. The predicted octanol–water partition coefficient (Wildman–Crippen LogP) is 3.93. The number of amides is 1. The van der Waals surface area contributed by atoms with Crippen molar-refractivity contribution in [2.24, 2.45) is 5.92 Å². The van der Waals surface area contributed by atoms with E-state index in [4.69, 9.17) is 0 Å². The van der Waals surface area contributed by atoms with Gasteiger partial charge in [0.2, 0.25) is 5.91 Å². The molecule has 1 aliphatic heterocycles. The summed E-state index contributed by atoms with van der Waals surface area (Å²) in [7, 11) is 0. The summed E-state index contributed by atoms with van der Waals surface area (Å²) in [6, 6.07) is 0.403. The van der Waals surface area contributed by atoms with Crippen LogP contribution in [0, 0.1) is 5.92 Å². The number of nitrogens with one attached hydrogen (secondary N) is 1. The molecule has 20 heavy (non-hydrogen) atoms. The van der Waals surface area contributed by atoms with Crippen LogP contribution in [-0.2, 0) is 4.79 Å². The van der Waals surface area contributed by atoms with Crippen molar-refractivity contribution in [3.05, 3.63) is 0 Å². The second-order valence-corrected chi connectivity index (χ2v) is 6.82. The molecule has 0 aliphatic carbocycles. The first-order valence-corrected chi connectivity index (χ1v) is 8.51.